The van der Waals surface area contributed by atoms with Crippen LogP contribution in [0.3, 0.4) is 0 Å². The van der Waals surface area contributed by atoms with Gasteiger partial charge in [0.05, 0.1) is 0 Å². The van der Waals surface area contributed by atoms with Gasteiger partial charge in [-0.2, -0.15) is 0 Å². The zero-order valence-electron chi connectivity index (χ0n) is 21.4. The second-order valence-corrected chi connectivity index (χ2v) is 11.4. The molecule has 176 valence electrons. The Kier molecular flexibility index (Phi) is 5.68. The summed E-state index contributed by atoms with van der Waals surface area (Å²) < 4.78 is 0. The topological polar surface area (TPSA) is 15.3 Å². The van der Waals surface area contributed by atoms with Crippen LogP contribution >= 0.6 is 0 Å². The molecule has 0 amide bonds. The summed E-state index contributed by atoms with van der Waals surface area (Å²) in [6.45, 7) is 16.0. The number of benzene rings is 3. The maximum atomic E-state index is 4.69. The van der Waals surface area contributed by atoms with Gasteiger partial charge in [0.1, 0.15) is 0 Å². The monoisotopic (exact) mass is 450 g/mol. The minimum atomic E-state index is 0.213. The predicted molar refractivity (Wildman–Crippen MR) is 147 cm³/mol. The molecule has 0 spiro atoms. The third-order valence-corrected chi connectivity index (χ3v) is 8.12. The molecule has 34 heavy (non-hydrogen) atoms. The van der Waals surface area contributed by atoms with Crippen molar-refractivity contribution in [2.75, 3.05) is 19.0 Å². The maximum absolute atomic E-state index is 4.69. The molecular weight excluding hydrogens is 412 g/mol. The standard InChI is InChI=1S/C32H38N2/c1-8-22-17-24(14-16-28(22)34(6)7)31-29-20(2)18-32(4,5)19-27(29)26-15-13-23-11-9-10-12-25(23)30(26)21(3)33-31/h8-17,21,27,29,31,33H,1-2,18-19H2,3-7H3/t21-,27?,29?,31?/m0/s1. The summed E-state index contributed by atoms with van der Waals surface area (Å²) >= 11 is 0. The molecule has 3 aromatic rings. The van der Waals surface area contributed by atoms with Crippen LogP contribution < -0.4 is 10.2 Å². The van der Waals surface area contributed by atoms with Crippen LogP contribution in [0.2, 0.25) is 0 Å². The molecule has 2 heteroatoms. The second kappa shape index (κ2) is 8.43. The van der Waals surface area contributed by atoms with Crippen LogP contribution in [0.4, 0.5) is 5.69 Å². The van der Waals surface area contributed by atoms with E-state index < -0.39 is 0 Å². The van der Waals surface area contributed by atoms with Crippen LogP contribution in [-0.2, 0) is 0 Å². The summed E-state index contributed by atoms with van der Waals surface area (Å²) in [7, 11) is 4.19. The van der Waals surface area contributed by atoms with Crippen molar-refractivity contribution in [2.24, 2.45) is 11.3 Å². The first-order chi connectivity index (χ1) is 16.2. The lowest BCUT2D eigenvalue weighted by Gasteiger charge is -2.45. The Balaban J connectivity index is 1.71. The SMILES string of the molecule is C=Cc1cc(C2N[C@@H](C)c3c(ccc4ccccc34)C3CC(C)(C)CC(=C)C32)ccc1N(C)C. The van der Waals surface area contributed by atoms with Gasteiger partial charge < -0.3 is 10.2 Å². The van der Waals surface area contributed by atoms with Gasteiger partial charge in [-0.15, -0.1) is 0 Å². The van der Waals surface area contributed by atoms with E-state index in [0.717, 1.165) is 6.42 Å². The number of nitrogens with zero attached hydrogens (tertiary/aromatic N) is 1. The third kappa shape index (κ3) is 3.79. The molecule has 3 aromatic carbocycles. The number of hydrogen-bond acceptors (Lipinski definition) is 2. The minimum absolute atomic E-state index is 0.213. The van der Waals surface area contributed by atoms with E-state index in [1.54, 1.807) is 0 Å². The molecule has 1 heterocycles. The van der Waals surface area contributed by atoms with Crippen molar-refractivity contribution in [3.05, 3.63) is 95.6 Å². The highest BCUT2D eigenvalue weighted by molar-refractivity contribution is 5.87. The van der Waals surface area contributed by atoms with Gasteiger partial charge in [0.25, 0.3) is 0 Å². The number of rotatable bonds is 3. The van der Waals surface area contributed by atoms with Crippen LogP contribution in [0.5, 0.6) is 0 Å². The van der Waals surface area contributed by atoms with E-state index in [2.05, 4.69) is 106 Å². The van der Waals surface area contributed by atoms with Gasteiger partial charge in [-0.05, 0) is 76.3 Å². The molecule has 5 rings (SSSR count). The van der Waals surface area contributed by atoms with Crippen molar-refractivity contribution >= 4 is 22.5 Å². The van der Waals surface area contributed by atoms with E-state index >= 15 is 0 Å². The molecule has 1 aliphatic heterocycles. The Bertz CT molecular complexity index is 1270. The quantitative estimate of drug-likeness (QED) is 0.406. The van der Waals surface area contributed by atoms with Gasteiger partial charge >= 0.3 is 0 Å². The first-order valence-corrected chi connectivity index (χ1v) is 12.6. The van der Waals surface area contributed by atoms with Gasteiger partial charge in [-0.25, -0.2) is 0 Å². The molecule has 3 unspecified atom stereocenters. The molecule has 1 fully saturated rings. The number of anilines is 1. The van der Waals surface area contributed by atoms with Crippen molar-refractivity contribution in [3.63, 3.8) is 0 Å². The molecule has 4 atom stereocenters. The summed E-state index contributed by atoms with van der Waals surface area (Å²) in [5.41, 5.74) is 8.32. The molecule has 0 aromatic heterocycles. The Labute approximate surface area is 205 Å². The van der Waals surface area contributed by atoms with E-state index in [4.69, 9.17) is 6.58 Å². The Hall–Kier alpha value is -2.84. The summed E-state index contributed by atoms with van der Waals surface area (Å²) in [5, 5.41) is 6.79. The highest BCUT2D eigenvalue weighted by atomic mass is 15.1. The van der Waals surface area contributed by atoms with E-state index in [1.165, 1.54) is 50.7 Å². The van der Waals surface area contributed by atoms with E-state index in [9.17, 15) is 0 Å². The van der Waals surface area contributed by atoms with E-state index in [-0.39, 0.29) is 17.5 Å². The van der Waals surface area contributed by atoms with E-state index in [1.807, 2.05) is 6.08 Å². The van der Waals surface area contributed by atoms with Crippen LogP contribution in [-0.4, -0.2) is 14.1 Å². The first kappa shape index (κ1) is 22.9. The fourth-order valence-electron chi connectivity index (χ4n) is 6.80. The summed E-state index contributed by atoms with van der Waals surface area (Å²) in [6, 6.07) is 20.9. The third-order valence-electron chi connectivity index (χ3n) is 8.12. The fraction of sp³-hybridized carbons (Fsp3) is 0.375. The van der Waals surface area contributed by atoms with Crippen molar-refractivity contribution in [1.29, 1.82) is 0 Å². The molecule has 0 radical (unpaired) electrons. The Morgan fingerprint density at radius 1 is 1.06 bits per heavy atom. The number of fused-ring (bicyclic) bond motifs is 5. The van der Waals surface area contributed by atoms with Crippen LogP contribution in [0.25, 0.3) is 16.8 Å². The smallest absolute Gasteiger partial charge is 0.0434 e. The van der Waals surface area contributed by atoms with Gasteiger partial charge in [0.2, 0.25) is 0 Å². The highest BCUT2D eigenvalue weighted by Crippen LogP contribution is 2.56. The molecule has 1 saturated carbocycles. The first-order valence-electron chi connectivity index (χ1n) is 12.6. The minimum Gasteiger partial charge on any atom is -0.377 e. The molecule has 2 nitrogen and oxygen atoms in total. The number of nitrogens with one attached hydrogen (secondary N) is 1. The van der Waals surface area contributed by atoms with Gasteiger partial charge in [-0.3, -0.25) is 0 Å². The molecule has 0 bridgehead atoms. The zero-order chi connectivity index (χ0) is 24.2. The zero-order valence-corrected chi connectivity index (χ0v) is 21.4. The van der Waals surface area contributed by atoms with Crippen LogP contribution in [0, 0.1) is 11.3 Å². The van der Waals surface area contributed by atoms with Gasteiger partial charge in [-0.1, -0.05) is 81.1 Å². The van der Waals surface area contributed by atoms with E-state index in [0.29, 0.717) is 11.8 Å². The van der Waals surface area contributed by atoms with Crippen molar-refractivity contribution in [3.8, 4) is 0 Å². The Morgan fingerprint density at radius 3 is 2.56 bits per heavy atom. The maximum Gasteiger partial charge on any atom is 0.0434 e. The average Bonchev–Trinajstić information content (AvgIpc) is 2.92. The summed E-state index contributed by atoms with van der Waals surface area (Å²) in [6.07, 6.45) is 4.24. The molecular formula is C32H38N2. The normalized spacial score (nSPS) is 25.9. The van der Waals surface area contributed by atoms with Crippen LogP contribution in [0.15, 0.2) is 73.3 Å². The fourth-order valence-corrected chi connectivity index (χ4v) is 6.80. The lowest BCUT2D eigenvalue weighted by molar-refractivity contribution is 0.191. The molecule has 0 saturated heterocycles. The van der Waals surface area contributed by atoms with Gasteiger partial charge in [0.15, 0.2) is 0 Å². The van der Waals surface area contributed by atoms with Crippen molar-refractivity contribution < 1.29 is 0 Å². The lowest BCUT2D eigenvalue weighted by Crippen LogP contribution is -2.37. The lowest BCUT2D eigenvalue weighted by atomic mass is 9.60. The number of hydrogen-bond donors (Lipinski definition) is 1. The van der Waals surface area contributed by atoms with Crippen LogP contribution in [0.1, 0.15) is 73.9 Å². The summed E-state index contributed by atoms with van der Waals surface area (Å²) in [5.74, 6) is 0.805. The average molecular weight is 451 g/mol. The Morgan fingerprint density at radius 2 is 1.82 bits per heavy atom. The van der Waals surface area contributed by atoms with Gasteiger partial charge in [0, 0.05) is 37.8 Å². The largest absolute Gasteiger partial charge is 0.377 e. The predicted octanol–water partition coefficient (Wildman–Crippen LogP) is 8.03. The molecule has 2 aliphatic rings. The summed E-state index contributed by atoms with van der Waals surface area (Å²) in [4.78, 5) is 2.16. The highest BCUT2D eigenvalue weighted by Gasteiger charge is 2.45. The molecule has 1 N–H and O–H groups in total. The molecule has 1 aliphatic carbocycles. The van der Waals surface area contributed by atoms with Crippen molar-refractivity contribution in [1.82, 2.24) is 5.32 Å². The van der Waals surface area contributed by atoms with Crippen molar-refractivity contribution in [2.45, 2.75) is 51.6 Å². The second-order valence-electron chi connectivity index (χ2n) is 11.4.